The number of anilines is 2. The number of alkyl halides is 3. The van der Waals surface area contributed by atoms with Crippen molar-refractivity contribution in [3.8, 4) is 0 Å². The molecule has 1 aromatic carbocycles. The van der Waals surface area contributed by atoms with E-state index in [1.54, 1.807) is 13.8 Å². The second-order valence-electron chi connectivity index (χ2n) is 4.16. The van der Waals surface area contributed by atoms with Gasteiger partial charge in [-0.1, -0.05) is 23.2 Å². The van der Waals surface area contributed by atoms with Crippen molar-refractivity contribution in [1.29, 1.82) is 0 Å². The molecular formula is C11H13Cl2F3N2. The minimum Gasteiger partial charge on any atom is -0.397 e. The molecule has 2 N–H and O–H groups in total. The minimum atomic E-state index is -4.32. The lowest BCUT2D eigenvalue weighted by atomic mass is 10.2. The molecule has 0 saturated heterocycles. The van der Waals surface area contributed by atoms with Crippen molar-refractivity contribution < 1.29 is 13.2 Å². The van der Waals surface area contributed by atoms with E-state index in [4.69, 9.17) is 28.9 Å². The van der Waals surface area contributed by atoms with Gasteiger partial charge in [0.1, 0.15) is 6.54 Å². The number of halogens is 5. The molecule has 0 aliphatic rings. The Morgan fingerprint density at radius 2 is 1.72 bits per heavy atom. The van der Waals surface area contributed by atoms with Crippen molar-refractivity contribution in [2.45, 2.75) is 26.1 Å². The van der Waals surface area contributed by atoms with Gasteiger partial charge in [-0.05, 0) is 26.0 Å². The molecule has 0 aromatic heterocycles. The van der Waals surface area contributed by atoms with Crippen LogP contribution in [0.25, 0.3) is 0 Å². The van der Waals surface area contributed by atoms with Gasteiger partial charge in [0.25, 0.3) is 0 Å². The van der Waals surface area contributed by atoms with Gasteiger partial charge in [-0.15, -0.1) is 0 Å². The molecule has 0 radical (unpaired) electrons. The summed E-state index contributed by atoms with van der Waals surface area (Å²) < 4.78 is 37.6. The standard InChI is InChI=1S/C11H13Cl2F3N2/c1-6(2)18(5-11(14,15)16)10-4-8(13)7(12)3-9(10)17/h3-4,6H,5,17H2,1-2H3. The lowest BCUT2D eigenvalue weighted by molar-refractivity contribution is -0.120. The largest absolute Gasteiger partial charge is 0.405 e. The van der Waals surface area contributed by atoms with Crippen molar-refractivity contribution in [3.05, 3.63) is 22.2 Å². The Morgan fingerprint density at radius 3 is 2.17 bits per heavy atom. The zero-order valence-corrected chi connectivity index (χ0v) is 11.4. The number of hydrogen-bond acceptors (Lipinski definition) is 2. The first-order valence-corrected chi connectivity index (χ1v) is 5.95. The van der Waals surface area contributed by atoms with E-state index in [1.807, 2.05) is 0 Å². The van der Waals surface area contributed by atoms with Crippen LogP contribution in [-0.4, -0.2) is 18.8 Å². The maximum atomic E-state index is 12.5. The fraction of sp³-hybridized carbons (Fsp3) is 0.455. The molecule has 0 aliphatic heterocycles. The molecule has 0 fully saturated rings. The van der Waals surface area contributed by atoms with Crippen LogP contribution < -0.4 is 10.6 Å². The van der Waals surface area contributed by atoms with Gasteiger partial charge in [0, 0.05) is 6.04 Å². The number of nitrogens with two attached hydrogens (primary N) is 1. The lowest BCUT2D eigenvalue weighted by Gasteiger charge is -2.31. The second-order valence-corrected chi connectivity index (χ2v) is 4.98. The third-order valence-electron chi connectivity index (χ3n) is 2.35. The normalized spacial score (nSPS) is 12.0. The van der Waals surface area contributed by atoms with Crippen LogP contribution in [0.1, 0.15) is 13.8 Å². The van der Waals surface area contributed by atoms with Gasteiger partial charge in [-0.3, -0.25) is 0 Å². The van der Waals surface area contributed by atoms with Crippen molar-refractivity contribution in [3.63, 3.8) is 0 Å². The highest BCUT2D eigenvalue weighted by atomic mass is 35.5. The van der Waals surface area contributed by atoms with Gasteiger partial charge in [0.05, 0.1) is 21.4 Å². The van der Waals surface area contributed by atoms with E-state index in [2.05, 4.69) is 0 Å². The molecule has 0 bridgehead atoms. The summed E-state index contributed by atoms with van der Waals surface area (Å²) in [5, 5.41) is 0.391. The van der Waals surface area contributed by atoms with Crippen LogP contribution >= 0.6 is 23.2 Å². The Kier molecular flexibility index (Phi) is 4.61. The van der Waals surface area contributed by atoms with Gasteiger partial charge >= 0.3 is 6.18 Å². The Balaban J connectivity index is 3.18. The predicted octanol–water partition coefficient (Wildman–Crippen LogP) is 4.35. The fourth-order valence-corrected chi connectivity index (χ4v) is 1.87. The topological polar surface area (TPSA) is 29.3 Å². The molecule has 0 spiro atoms. The highest BCUT2D eigenvalue weighted by molar-refractivity contribution is 6.42. The summed E-state index contributed by atoms with van der Waals surface area (Å²) in [5.74, 6) is 0. The first kappa shape index (κ1) is 15.2. The summed E-state index contributed by atoms with van der Waals surface area (Å²) in [4.78, 5) is 1.14. The molecule has 0 amide bonds. The van der Waals surface area contributed by atoms with Crippen LogP contribution in [-0.2, 0) is 0 Å². The van der Waals surface area contributed by atoms with E-state index in [0.717, 1.165) is 4.90 Å². The lowest BCUT2D eigenvalue weighted by Crippen LogP contribution is -2.39. The molecule has 1 rings (SSSR count). The molecule has 18 heavy (non-hydrogen) atoms. The first-order valence-electron chi connectivity index (χ1n) is 5.19. The molecule has 0 unspecified atom stereocenters. The van der Waals surface area contributed by atoms with Crippen LogP contribution in [0, 0.1) is 0 Å². The van der Waals surface area contributed by atoms with E-state index in [9.17, 15) is 13.2 Å². The zero-order chi connectivity index (χ0) is 14.1. The molecule has 0 aliphatic carbocycles. The molecule has 7 heteroatoms. The van der Waals surface area contributed by atoms with Crippen LogP contribution in [0.3, 0.4) is 0 Å². The van der Waals surface area contributed by atoms with E-state index in [-0.39, 0.29) is 27.5 Å². The second kappa shape index (κ2) is 5.45. The SMILES string of the molecule is CC(C)N(CC(F)(F)F)c1cc(Cl)c(Cl)cc1N. The molecule has 102 valence electrons. The van der Waals surface area contributed by atoms with Crippen LogP contribution in [0.4, 0.5) is 24.5 Å². The third kappa shape index (κ3) is 3.85. The van der Waals surface area contributed by atoms with E-state index in [1.165, 1.54) is 12.1 Å². The summed E-state index contributed by atoms with van der Waals surface area (Å²) in [6, 6.07) is 2.34. The van der Waals surface area contributed by atoms with E-state index >= 15 is 0 Å². The highest BCUT2D eigenvalue weighted by Crippen LogP contribution is 2.35. The van der Waals surface area contributed by atoms with Crippen LogP contribution in [0.5, 0.6) is 0 Å². The summed E-state index contributed by atoms with van der Waals surface area (Å²) in [6.07, 6.45) is -4.32. The van der Waals surface area contributed by atoms with Crippen molar-refractivity contribution in [2.75, 3.05) is 17.2 Å². The summed E-state index contributed by atoms with van der Waals surface area (Å²) in [6.45, 7) is 2.20. The van der Waals surface area contributed by atoms with Crippen molar-refractivity contribution >= 4 is 34.6 Å². The average molecular weight is 301 g/mol. The summed E-state index contributed by atoms with van der Waals surface area (Å²) >= 11 is 11.6. The molecular weight excluding hydrogens is 288 g/mol. The Morgan fingerprint density at radius 1 is 1.22 bits per heavy atom. The van der Waals surface area contributed by atoms with Crippen LogP contribution in [0.15, 0.2) is 12.1 Å². The number of rotatable bonds is 3. The monoisotopic (exact) mass is 300 g/mol. The van der Waals surface area contributed by atoms with Gasteiger partial charge in [-0.25, -0.2) is 0 Å². The van der Waals surface area contributed by atoms with Crippen LogP contribution in [0.2, 0.25) is 10.0 Å². The number of hydrogen-bond donors (Lipinski definition) is 1. The predicted molar refractivity (Wildman–Crippen MR) is 69.4 cm³/mol. The number of nitrogens with zero attached hydrogens (tertiary/aromatic N) is 1. The van der Waals surface area contributed by atoms with E-state index < -0.39 is 12.7 Å². The number of nitrogen functional groups attached to an aromatic ring is 1. The van der Waals surface area contributed by atoms with E-state index in [0.29, 0.717) is 0 Å². The number of benzene rings is 1. The van der Waals surface area contributed by atoms with Gasteiger partial charge in [0.15, 0.2) is 0 Å². The Hall–Kier alpha value is -0.810. The Labute approximate surface area is 113 Å². The molecule has 0 atom stereocenters. The molecule has 0 heterocycles. The smallest absolute Gasteiger partial charge is 0.397 e. The fourth-order valence-electron chi connectivity index (χ4n) is 1.54. The van der Waals surface area contributed by atoms with Gasteiger partial charge in [-0.2, -0.15) is 13.2 Å². The molecule has 1 aromatic rings. The maximum absolute atomic E-state index is 12.5. The quantitative estimate of drug-likeness (QED) is 0.841. The highest BCUT2D eigenvalue weighted by Gasteiger charge is 2.32. The van der Waals surface area contributed by atoms with Gasteiger partial charge in [0.2, 0.25) is 0 Å². The van der Waals surface area contributed by atoms with Crippen molar-refractivity contribution in [2.24, 2.45) is 0 Å². The molecule has 0 saturated carbocycles. The summed E-state index contributed by atoms with van der Waals surface area (Å²) in [7, 11) is 0. The Bertz CT molecular complexity index is 433. The third-order valence-corrected chi connectivity index (χ3v) is 3.07. The minimum absolute atomic E-state index is 0.169. The average Bonchev–Trinajstić information content (AvgIpc) is 2.19. The first-order chi connectivity index (χ1) is 8.11. The van der Waals surface area contributed by atoms with Crippen molar-refractivity contribution in [1.82, 2.24) is 0 Å². The zero-order valence-electron chi connectivity index (χ0n) is 9.85. The summed E-state index contributed by atoms with van der Waals surface area (Å²) in [5.41, 5.74) is 6.10. The molecule has 2 nitrogen and oxygen atoms in total. The maximum Gasteiger partial charge on any atom is 0.405 e. The van der Waals surface area contributed by atoms with Gasteiger partial charge < -0.3 is 10.6 Å².